The number of hydrogen-bond donors (Lipinski definition) is 1. The van der Waals surface area contributed by atoms with Crippen molar-refractivity contribution < 1.29 is 9.13 Å². The van der Waals surface area contributed by atoms with E-state index in [1.165, 1.54) is 0 Å². The van der Waals surface area contributed by atoms with Gasteiger partial charge in [-0.1, -0.05) is 13.0 Å². The van der Waals surface area contributed by atoms with Gasteiger partial charge in [-0.15, -0.1) is 0 Å². The van der Waals surface area contributed by atoms with E-state index in [4.69, 9.17) is 10.5 Å². The number of ether oxygens (including phenoxy) is 1. The first-order valence-corrected chi connectivity index (χ1v) is 7.09. The van der Waals surface area contributed by atoms with Gasteiger partial charge in [-0.25, -0.2) is 4.39 Å². The minimum atomic E-state index is -0.211. The lowest BCUT2D eigenvalue weighted by Crippen LogP contribution is -2.39. The zero-order chi connectivity index (χ0) is 13.7. The van der Waals surface area contributed by atoms with Gasteiger partial charge in [0.2, 0.25) is 0 Å². The van der Waals surface area contributed by atoms with Crippen LogP contribution in [-0.4, -0.2) is 25.8 Å². The van der Waals surface area contributed by atoms with Crippen LogP contribution >= 0.6 is 0 Å². The van der Waals surface area contributed by atoms with Crippen molar-refractivity contribution in [1.29, 1.82) is 0 Å². The van der Waals surface area contributed by atoms with Crippen molar-refractivity contribution in [2.45, 2.75) is 38.8 Å². The summed E-state index contributed by atoms with van der Waals surface area (Å²) in [5, 5.41) is 0. The lowest BCUT2D eigenvalue weighted by molar-refractivity contribution is 0.0440. The zero-order valence-corrected chi connectivity index (χ0v) is 11.6. The maximum atomic E-state index is 13.8. The summed E-state index contributed by atoms with van der Waals surface area (Å²) < 4.78 is 19.6. The molecule has 1 saturated heterocycles. The normalized spacial score (nSPS) is 19.7. The van der Waals surface area contributed by atoms with Gasteiger partial charge >= 0.3 is 0 Å². The first-order chi connectivity index (χ1) is 9.24. The van der Waals surface area contributed by atoms with E-state index in [1.807, 2.05) is 6.07 Å². The minimum Gasteiger partial charge on any atom is -0.376 e. The fourth-order valence-corrected chi connectivity index (χ4v) is 2.49. The summed E-state index contributed by atoms with van der Waals surface area (Å²) in [6.45, 7) is 4.98. The van der Waals surface area contributed by atoms with Crippen LogP contribution < -0.4 is 10.6 Å². The quantitative estimate of drug-likeness (QED) is 0.890. The molecular formula is C15H23FN2O. The lowest BCUT2D eigenvalue weighted by atomic mass is 10.1. The Morgan fingerprint density at radius 1 is 1.47 bits per heavy atom. The molecule has 1 unspecified atom stereocenters. The maximum absolute atomic E-state index is 13.8. The summed E-state index contributed by atoms with van der Waals surface area (Å²) in [5.74, 6) is -0.211. The van der Waals surface area contributed by atoms with Crippen LogP contribution in [0.25, 0.3) is 0 Å². The molecule has 1 fully saturated rings. The summed E-state index contributed by atoms with van der Waals surface area (Å²) in [6.07, 6.45) is 3.50. The Morgan fingerprint density at radius 2 is 2.32 bits per heavy atom. The van der Waals surface area contributed by atoms with E-state index < -0.39 is 0 Å². The van der Waals surface area contributed by atoms with Gasteiger partial charge in [0.1, 0.15) is 5.82 Å². The van der Waals surface area contributed by atoms with E-state index in [0.29, 0.717) is 5.56 Å². The Hall–Kier alpha value is -1.13. The minimum absolute atomic E-state index is 0.211. The number of nitrogens with zero attached hydrogens (tertiary/aromatic N) is 1. The molecule has 0 bridgehead atoms. The fourth-order valence-electron chi connectivity index (χ4n) is 2.49. The molecule has 1 aromatic rings. The van der Waals surface area contributed by atoms with Crippen molar-refractivity contribution in [3.05, 3.63) is 29.6 Å². The van der Waals surface area contributed by atoms with Crippen molar-refractivity contribution in [2.24, 2.45) is 5.73 Å². The SMILES string of the molecule is CCCOC1CCCN(c2ccc(CN)c(F)c2)C1. The van der Waals surface area contributed by atoms with Gasteiger partial charge in [-0.3, -0.25) is 0 Å². The molecule has 0 aromatic heterocycles. The predicted molar refractivity (Wildman–Crippen MR) is 75.8 cm³/mol. The van der Waals surface area contributed by atoms with Gasteiger partial charge in [0.25, 0.3) is 0 Å². The zero-order valence-electron chi connectivity index (χ0n) is 11.6. The summed E-state index contributed by atoms with van der Waals surface area (Å²) in [5.41, 5.74) is 6.98. The number of rotatable bonds is 5. The Kier molecular flexibility index (Phi) is 5.16. The highest BCUT2D eigenvalue weighted by Gasteiger charge is 2.21. The van der Waals surface area contributed by atoms with E-state index >= 15 is 0 Å². The first-order valence-electron chi connectivity index (χ1n) is 7.09. The molecule has 0 amide bonds. The van der Waals surface area contributed by atoms with Crippen LogP contribution in [0.2, 0.25) is 0 Å². The van der Waals surface area contributed by atoms with E-state index in [2.05, 4.69) is 11.8 Å². The number of benzene rings is 1. The van der Waals surface area contributed by atoms with Gasteiger partial charge in [0.05, 0.1) is 6.10 Å². The Balaban J connectivity index is 2.02. The summed E-state index contributed by atoms with van der Waals surface area (Å²) >= 11 is 0. The smallest absolute Gasteiger partial charge is 0.129 e. The Labute approximate surface area is 114 Å². The van der Waals surface area contributed by atoms with Crippen LogP contribution in [-0.2, 0) is 11.3 Å². The van der Waals surface area contributed by atoms with Crippen LogP contribution in [0, 0.1) is 5.82 Å². The van der Waals surface area contributed by atoms with Crippen LogP contribution in [0.15, 0.2) is 18.2 Å². The predicted octanol–water partition coefficient (Wildman–Crippen LogP) is 2.68. The Bertz CT molecular complexity index is 411. The topological polar surface area (TPSA) is 38.5 Å². The lowest BCUT2D eigenvalue weighted by Gasteiger charge is -2.34. The van der Waals surface area contributed by atoms with Crippen LogP contribution in [0.4, 0.5) is 10.1 Å². The highest BCUT2D eigenvalue weighted by atomic mass is 19.1. The number of hydrogen-bond acceptors (Lipinski definition) is 3. The molecule has 0 aliphatic carbocycles. The molecule has 19 heavy (non-hydrogen) atoms. The van der Waals surface area contributed by atoms with Gasteiger partial charge in [0.15, 0.2) is 0 Å². The average Bonchev–Trinajstić information content (AvgIpc) is 2.45. The molecule has 0 saturated carbocycles. The summed E-state index contributed by atoms with van der Waals surface area (Å²) in [4.78, 5) is 2.20. The van der Waals surface area contributed by atoms with E-state index in [1.54, 1.807) is 12.1 Å². The molecule has 2 rings (SSSR count). The molecule has 1 aromatic carbocycles. The van der Waals surface area contributed by atoms with Crippen molar-refractivity contribution in [3.8, 4) is 0 Å². The van der Waals surface area contributed by atoms with Gasteiger partial charge in [-0.05, 0) is 31.4 Å². The highest BCUT2D eigenvalue weighted by Crippen LogP contribution is 2.23. The molecule has 0 radical (unpaired) electrons. The number of piperidine rings is 1. The van der Waals surface area contributed by atoms with Gasteiger partial charge in [-0.2, -0.15) is 0 Å². The van der Waals surface area contributed by atoms with Gasteiger partial charge in [0, 0.05) is 37.5 Å². The van der Waals surface area contributed by atoms with Crippen LogP contribution in [0.1, 0.15) is 31.7 Å². The first kappa shape index (κ1) is 14.3. The molecule has 1 heterocycles. The second-order valence-electron chi connectivity index (χ2n) is 5.06. The maximum Gasteiger partial charge on any atom is 0.129 e. The molecular weight excluding hydrogens is 243 g/mol. The number of nitrogens with two attached hydrogens (primary N) is 1. The summed E-state index contributed by atoms with van der Waals surface area (Å²) in [7, 11) is 0. The Morgan fingerprint density at radius 3 is 3.00 bits per heavy atom. The van der Waals surface area contributed by atoms with Gasteiger partial charge < -0.3 is 15.4 Å². The molecule has 0 spiro atoms. The van der Waals surface area contributed by atoms with Crippen molar-refractivity contribution in [1.82, 2.24) is 0 Å². The molecule has 4 heteroatoms. The van der Waals surface area contributed by atoms with E-state index in [9.17, 15) is 4.39 Å². The number of halogens is 1. The van der Waals surface area contributed by atoms with E-state index in [0.717, 1.165) is 44.6 Å². The standard InChI is InChI=1S/C15H23FN2O/c1-2-8-19-14-4-3-7-18(11-14)13-6-5-12(10-17)15(16)9-13/h5-6,9,14H,2-4,7-8,10-11,17H2,1H3. The van der Waals surface area contributed by atoms with Crippen molar-refractivity contribution in [2.75, 3.05) is 24.6 Å². The van der Waals surface area contributed by atoms with Crippen LogP contribution in [0.3, 0.4) is 0 Å². The molecule has 1 aliphatic rings. The van der Waals surface area contributed by atoms with Crippen molar-refractivity contribution >= 4 is 5.69 Å². The third kappa shape index (κ3) is 3.67. The van der Waals surface area contributed by atoms with Crippen molar-refractivity contribution in [3.63, 3.8) is 0 Å². The monoisotopic (exact) mass is 266 g/mol. The average molecular weight is 266 g/mol. The third-order valence-corrected chi connectivity index (χ3v) is 3.56. The largest absolute Gasteiger partial charge is 0.376 e. The summed E-state index contributed by atoms with van der Waals surface area (Å²) in [6, 6.07) is 5.32. The molecule has 1 aliphatic heterocycles. The molecule has 106 valence electrons. The molecule has 1 atom stereocenters. The second-order valence-corrected chi connectivity index (χ2v) is 5.06. The second kappa shape index (κ2) is 6.87. The molecule has 2 N–H and O–H groups in total. The van der Waals surface area contributed by atoms with Crippen LogP contribution in [0.5, 0.6) is 0 Å². The number of anilines is 1. The fraction of sp³-hybridized carbons (Fsp3) is 0.600. The highest BCUT2D eigenvalue weighted by molar-refractivity contribution is 5.48. The third-order valence-electron chi connectivity index (χ3n) is 3.56. The molecule has 3 nitrogen and oxygen atoms in total. The van der Waals surface area contributed by atoms with E-state index in [-0.39, 0.29) is 18.5 Å².